The van der Waals surface area contributed by atoms with E-state index in [1.54, 1.807) is 0 Å². The fraction of sp³-hybridized carbons (Fsp3) is 0.400. The summed E-state index contributed by atoms with van der Waals surface area (Å²) in [6, 6.07) is 10.2. The van der Waals surface area contributed by atoms with Gasteiger partial charge in [0, 0.05) is 0 Å². The molecule has 1 atom stereocenters. The quantitative estimate of drug-likeness (QED) is 0.643. The van der Waals surface area contributed by atoms with Gasteiger partial charge in [-0.1, -0.05) is 37.3 Å². The van der Waals surface area contributed by atoms with E-state index in [1.165, 1.54) is 5.56 Å². The monoisotopic (exact) mass is 176 g/mol. The normalized spacial score (nSPS) is 22.2. The fourth-order valence-electron chi connectivity index (χ4n) is 1.51. The molecule has 1 heterocycles. The molecule has 0 radical (unpaired) electrons. The topological polar surface area (TPSA) is 18.5 Å². The lowest BCUT2D eigenvalue weighted by Gasteiger charge is -2.08. The van der Waals surface area contributed by atoms with Gasteiger partial charge in [0.15, 0.2) is 0 Å². The SMILES string of the molecule is CCB1OCC(c2ccccc2)O1. The van der Waals surface area contributed by atoms with Crippen molar-refractivity contribution in [2.45, 2.75) is 19.3 Å². The van der Waals surface area contributed by atoms with Gasteiger partial charge in [-0.3, -0.25) is 0 Å². The molecule has 0 spiro atoms. The lowest BCUT2D eigenvalue weighted by atomic mass is 9.87. The third-order valence-electron chi connectivity index (χ3n) is 2.25. The number of rotatable bonds is 2. The van der Waals surface area contributed by atoms with Crippen molar-refractivity contribution in [2.24, 2.45) is 0 Å². The molecule has 1 aromatic rings. The molecule has 0 aliphatic carbocycles. The van der Waals surface area contributed by atoms with Gasteiger partial charge in [0.05, 0.1) is 12.7 Å². The maximum atomic E-state index is 5.67. The van der Waals surface area contributed by atoms with E-state index in [0.717, 1.165) is 6.32 Å². The molecule has 68 valence electrons. The molecule has 1 saturated heterocycles. The zero-order chi connectivity index (χ0) is 9.10. The van der Waals surface area contributed by atoms with E-state index < -0.39 is 0 Å². The minimum atomic E-state index is -0.00907. The van der Waals surface area contributed by atoms with Crippen LogP contribution < -0.4 is 0 Å². The third kappa shape index (κ3) is 1.93. The zero-order valence-electron chi connectivity index (χ0n) is 7.77. The van der Waals surface area contributed by atoms with E-state index in [9.17, 15) is 0 Å². The van der Waals surface area contributed by atoms with E-state index in [4.69, 9.17) is 9.31 Å². The van der Waals surface area contributed by atoms with Crippen molar-refractivity contribution < 1.29 is 9.31 Å². The lowest BCUT2D eigenvalue weighted by molar-refractivity contribution is 0.240. The first-order valence-electron chi connectivity index (χ1n) is 4.72. The summed E-state index contributed by atoms with van der Waals surface area (Å²) in [5.41, 5.74) is 1.21. The first-order chi connectivity index (χ1) is 6.40. The van der Waals surface area contributed by atoms with Crippen molar-refractivity contribution in [1.82, 2.24) is 0 Å². The second-order valence-corrected chi connectivity index (χ2v) is 3.21. The molecule has 1 fully saturated rings. The summed E-state index contributed by atoms with van der Waals surface area (Å²) in [4.78, 5) is 0. The van der Waals surface area contributed by atoms with Crippen molar-refractivity contribution in [3.63, 3.8) is 0 Å². The minimum Gasteiger partial charge on any atom is -0.408 e. The van der Waals surface area contributed by atoms with Crippen LogP contribution in [0.5, 0.6) is 0 Å². The zero-order valence-corrected chi connectivity index (χ0v) is 7.77. The highest BCUT2D eigenvalue weighted by molar-refractivity contribution is 6.44. The highest BCUT2D eigenvalue weighted by Crippen LogP contribution is 2.25. The van der Waals surface area contributed by atoms with Crippen LogP contribution in [0.25, 0.3) is 0 Å². The van der Waals surface area contributed by atoms with Crippen LogP contribution in [0.2, 0.25) is 6.32 Å². The van der Waals surface area contributed by atoms with E-state index >= 15 is 0 Å². The largest absolute Gasteiger partial charge is 0.457 e. The Morgan fingerprint density at radius 2 is 2.15 bits per heavy atom. The summed E-state index contributed by atoms with van der Waals surface area (Å²) < 4.78 is 11.1. The van der Waals surface area contributed by atoms with Crippen LogP contribution >= 0.6 is 0 Å². The van der Waals surface area contributed by atoms with Crippen LogP contribution in [-0.4, -0.2) is 13.7 Å². The number of hydrogen-bond donors (Lipinski definition) is 0. The smallest absolute Gasteiger partial charge is 0.408 e. The van der Waals surface area contributed by atoms with E-state index in [1.807, 2.05) is 18.2 Å². The van der Waals surface area contributed by atoms with Crippen LogP contribution in [0.1, 0.15) is 18.6 Å². The molecular weight excluding hydrogens is 163 g/mol. The van der Waals surface area contributed by atoms with Gasteiger partial charge in [0.2, 0.25) is 0 Å². The van der Waals surface area contributed by atoms with Gasteiger partial charge in [0.1, 0.15) is 0 Å². The van der Waals surface area contributed by atoms with Crippen molar-refractivity contribution in [3.8, 4) is 0 Å². The Morgan fingerprint density at radius 1 is 1.38 bits per heavy atom. The molecule has 0 amide bonds. The minimum absolute atomic E-state index is 0.00907. The Bertz CT molecular complexity index is 263. The molecule has 0 aromatic heterocycles. The van der Waals surface area contributed by atoms with Gasteiger partial charge in [-0.05, 0) is 11.9 Å². The molecular formula is C10H13BO2. The van der Waals surface area contributed by atoms with Crippen LogP contribution in [0.15, 0.2) is 30.3 Å². The second-order valence-electron chi connectivity index (χ2n) is 3.21. The predicted molar refractivity (Wildman–Crippen MR) is 52.5 cm³/mol. The highest BCUT2D eigenvalue weighted by atomic mass is 16.6. The summed E-state index contributed by atoms with van der Waals surface area (Å²) in [6.07, 6.45) is 1.05. The maximum absolute atomic E-state index is 5.67. The molecule has 0 bridgehead atoms. The van der Waals surface area contributed by atoms with Gasteiger partial charge in [0.25, 0.3) is 0 Å². The Kier molecular flexibility index (Phi) is 2.66. The van der Waals surface area contributed by atoms with Gasteiger partial charge >= 0.3 is 7.12 Å². The van der Waals surface area contributed by atoms with E-state index in [2.05, 4.69) is 19.1 Å². The standard InChI is InChI=1S/C10H13BO2/c1-2-11-12-8-10(13-11)9-6-4-3-5-7-9/h3-7,10H,2,8H2,1H3. The molecule has 0 N–H and O–H groups in total. The molecule has 1 unspecified atom stereocenters. The van der Waals surface area contributed by atoms with Gasteiger partial charge in [-0.15, -0.1) is 0 Å². The van der Waals surface area contributed by atoms with Gasteiger partial charge < -0.3 is 9.31 Å². The molecule has 13 heavy (non-hydrogen) atoms. The molecule has 0 saturated carbocycles. The second kappa shape index (κ2) is 3.94. The van der Waals surface area contributed by atoms with Crippen LogP contribution in [0.3, 0.4) is 0 Å². The first kappa shape index (κ1) is 8.79. The Hall–Kier alpha value is -0.795. The fourth-order valence-corrected chi connectivity index (χ4v) is 1.51. The van der Waals surface area contributed by atoms with Gasteiger partial charge in [-0.25, -0.2) is 0 Å². The Labute approximate surface area is 79.0 Å². The molecule has 3 heteroatoms. The Balaban J connectivity index is 2.04. The van der Waals surface area contributed by atoms with Crippen LogP contribution in [0, 0.1) is 0 Å². The maximum Gasteiger partial charge on any atom is 0.457 e. The summed E-state index contributed by atoms with van der Waals surface area (Å²) in [5, 5.41) is 0. The van der Waals surface area contributed by atoms with E-state index in [-0.39, 0.29) is 13.2 Å². The third-order valence-corrected chi connectivity index (χ3v) is 2.25. The van der Waals surface area contributed by atoms with Crippen molar-refractivity contribution in [3.05, 3.63) is 35.9 Å². The van der Waals surface area contributed by atoms with Crippen molar-refractivity contribution in [1.29, 1.82) is 0 Å². The van der Waals surface area contributed by atoms with Gasteiger partial charge in [-0.2, -0.15) is 0 Å². The van der Waals surface area contributed by atoms with Crippen molar-refractivity contribution >= 4 is 7.12 Å². The number of benzene rings is 1. The number of hydrogen-bond acceptors (Lipinski definition) is 2. The predicted octanol–water partition coefficient (Wildman–Crippen LogP) is 2.28. The highest BCUT2D eigenvalue weighted by Gasteiger charge is 2.29. The summed E-state index contributed by atoms with van der Waals surface area (Å²) >= 11 is 0. The average Bonchev–Trinajstić information content (AvgIpc) is 2.67. The van der Waals surface area contributed by atoms with Crippen molar-refractivity contribution in [2.75, 3.05) is 6.61 Å². The molecule has 1 aromatic carbocycles. The van der Waals surface area contributed by atoms with Crippen LogP contribution in [0.4, 0.5) is 0 Å². The lowest BCUT2D eigenvalue weighted by Crippen LogP contribution is -2.11. The molecule has 2 nitrogen and oxygen atoms in total. The molecule has 1 aliphatic heterocycles. The summed E-state index contributed by atoms with van der Waals surface area (Å²) in [5.74, 6) is 0. The summed E-state index contributed by atoms with van der Waals surface area (Å²) in [6.45, 7) is 2.75. The molecule has 2 rings (SSSR count). The Morgan fingerprint density at radius 3 is 2.77 bits per heavy atom. The summed E-state index contributed by atoms with van der Waals surface area (Å²) in [7, 11) is -0.00907. The molecule has 1 aliphatic rings. The van der Waals surface area contributed by atoms with Crippen LogP contribution in [-0.2, 0) is 9.31 Å². The van der Waals surface area contributed by atoms with E-state index in [0.29, 0.717) is 6.61 Å². The first-order valence-corrected chi connectivity index (χ1v) is 4.72. The average molecular weight is 176 g/mol.